The van der Waals surface area contributed by atoms with Crippen LogP contribution in [0.15, 0.2) is 42.5 Å². The number of nitrogens with zero attached hydrogens (tertiary/aromatic N) is 6. The number of para-hydroxylation sites is 2. The molecule has 9 heteroatoms. The quantitative estimate of drug-likeness (QED) is 0.517. The first-order chi connectivity index (χ1) is 13.7. The lowest BCUT2D eigenvalue weighted by Gasteiger charge is -2.34. The topological polar surface area (TPSA) is 67.2 Å². The second kappa shape index (κ2) is 7.03. The van der Waals surface area contributed by atoms with Gasteiger partial charge in [0.05, 0.1) is 15.2 Å². The first kappa shape index (κ1) is 17.4. The zero-order valence-electron chi connectivity index (χ0n) is 15.0. The van der Waals surface area contributed by atoms with Crippen molar-refractivity contribution >= 4 is 55.2 Å². The van der Waals surface area contributed by atoms with Crippen LogP contribution in [0.1, 0.15) is 0 Å². The normalized spacial score (nSPS) is 14.9. The van der Waals surface area contributed by atoms with E-state index in [-0.39, 0.29) is 12.5 Å². The Kier molecular flexibility index (Phi) is 4.37. The monoisotopic (exact) mass is 412 g/mol. The van der Waals surface area contributed by atoms with Gasteiger partial charge in [-0.15, -0.1) is 5.10 Å². The number of halogens is 1. The van der Waals surface area contributed by atoms with Crippen LogP contribution in [0, 0.1) is 0 Å². The lowest BCUT2D eigenvalue weighted by molar-refractivity contribution is -0.132. The number of anilines is 1. The number of hydrogen-bond acceptors (Lipinski definition) is 6. The summed E-state index contributed by atoms with van der Waals surface area (Å²) in [7, 11) is 0. The predicted octanol–water partition coefficient (Wildman–Crippen LogP) is 3.04. The van der Waals surface area contributed by atoms with Crippen molar-refractivity contribution in [1.82, 2.24) is 24.9 Å². The summed E-state index contributed by atoms with van der Waals surface area (Å²) in [5, 5.41) is 9.86. The van der Waals surface area contributed by atoms with Crippen molar-refractivity contribution in [3.63, 3.8) is 0 Å². The molecule has 7 nitrogen and oxygen atoms in total. The molecule has 1 aliphatic heterocycles. The minimum Gasteiger partial charge on any atom is -0.345 e. The van der Waals surface area contributed by atoms with Crippen LogP contribution >= 0.6 is 22.9 Å². The van der Waals surface area contributed by atoms with Crippen molar-refractivity contribution in [1.29, 1.82) is 0 Å². The fraction of sp³-hybridized carbons (Fsp3) is 0.263. The molecule has 142 valence electrons. The molecule has 1 amide bonds. The number of carbonyl (C=O) groups excluding carboxylic acids is 1. The van der Waals surface area contributed by atoms with E-state index in [0.29, 0.717) is 18.1 Å². The van der Waals surface area contributed by atoms with Crippen molar-refractivity contribution in [2.75, 3.05) is 31.1 Å². The molecule has 0 radical (unpaired) electrons. The van der Waals surface area contributed by atoms with Crippen LogP contribution in [0.25, 0.3) is 21.3 Å². The number of benzene rings is 2. The Labute approximate surface area is 170 Å². The zero-order valence-corrected chi connectivity index (χ0v) is 16.5. The average Bonchev–Trinajstić information content (AvgIpc) is 3.34. The molecule has 0 atom stereocenters. The van der Waals surface area contributed by atoms with Gasteiger partial charge in [-0.25, -0.2) is 9.67 Å². The van der Waals surface area contributed by atoms with Gasteiger partial charge >= 0.3 is 0 Å². The minimum atomic E-state index is 0.0580. The van der Waals surface area contributed by atoms with Crippen LogP contribution in [0.4, 0.5) is 5.13 Å². The van der Waals surface area contributed by atoms with Gasteiger partial charge in [0.15, 0.2) is 5.13 Å². The third-order valence-corrected chi connectivity index (χ3v) is 6.35. The van der Waals surface area contributed by atoms with Crippen LogP contribution in [-0.4, -0.2) is 57.0 Å². The molecule has 4 aromatic rings. The highest BCUT2D eigenvalue weighted by molar-refractivity contribution is 7.22. The molecule has 0 aliphatic carbocycles. The lowest BCUT2D eigenvalue weighted by atomic mass is 10.3. The van der Waals surface area contributed by atoms with Crippen LogP contribution in [-0.2, 0) is 11.3 Å². The zero-order chi connectivity index (χ0) is 19.1. The Bertz CT molecular complexity index is 1160. The van der Waals surface area contributed by atoms with Gasteiger partial charge in [0.2, 0.25) is 5.91 Å². The van der Waals surface area contributed by atoms with Crippen molar-refractivity contribution in [2.24, 2.45) is 0 Å². The van der Waals surface area contributed by atoms with E-state index < -0.39 is 0 Å². The maximum absolute atomic E-state index is 12.7. The standard InChI is InChI=1S/C19H17ClN6OS/c20-13-4-3-7-16-18(13)21-19(28-16)25-10-8-24(9-11-25)17(27)12-26-15-6-2-1-5-14(15)22-23-26/h1-7H,8-12H2. The summed E-state index contributed by atoms with van der Waals surface area (Å²) in [6.45, 7) is 3.03. The van der Waals surface area contributed by atoms with Crippen LogP contribution < -0.4 is 4.90 Å². The summed E-state index contributed by atoms with van der Waals surface area (Å²) in [5.74, 6) is 0.0580. The lowest BCUT2D eigenvalue weighted by Crippen LogP contribution is -2.49. The number of piperazine rings is 1. The van der Waals surface area contributed by atoms with E-state index in [4.69, 9.17) is 11.6 Å². The largest absolute Gasteiger partial charge is 0.345 e. The summed E-state index contributed by atoms with van der Waals surface area (Å²) in [4.78, 5) is 21.5. The molecule has 2 aromatic carbocycles. The van der Waals surface area contributed by atoms with E-state index in [2.05, 4.69) is 20.2 Å². The Hall–Kier alpha value is -2.71. The fourth-order valence-electron chi connectivity index (χ4n) is 3.45. The Morgan fingerprint density at radius 1 is 1.07 bits per heavy atom. The molecule has 3 heterocycles. The molecule has 1 saturated heterocycles. The number of fused-ring (bicyclic) bond motifs is 2. The maximum Gasteiger partial charge on any atom is 0.244 e. The molecule has 0 saturated carbocycles. The van der Waals surface area contributed by atoms with Crippen LogP contribution in [0.5, 0.6) is 0 Å². The summed E-state index contributed by atoms with van der Waals surface area (Å²) in [5.41, 5.74) is 2.52. The third-order valence-electron chi connectivity index (χ3n) is 4.97. The molecule has 28 heavy (non-hydrogen) atoms. The Morgan fingerprint density at radius 3 is 2.71 bits per heavy atom. The molecule has 1 fully saturated rings. The SMILES string of the molecule is O=C(Cn1nnc2ccccc21)N1CCN(c2nc3c(Cl)cccc3s2)CC1. The number of thiazole rings is 1. The van der Waals surface area contributed by atoms with E-state index >= 15 is 0 Å². The minimum absolute atomic E-state index is 0.0580. The molecule has 0 N–H and O–H groups in total. The summed E-state index contributed by atoms with van der Waals surface area (Å²) >= 11 is 7.88. The van der Waals surface area contributed by atoms with Gasteiger partial charge in [-0.1, -0.05) is 46.4 Å². The number of carbonyl (C=O) groups is 1. The highest BCUT2D eigenvalue weighted by atomic mass is 35.5. The van der Waals surface area contributed by atoms with E-state index in [9.17, 15) is 4.79 Å². The molecule has 0 bridgehead atoms. The van der Waals surface area contributed by atoms with Crippen molar-refractivity contribution in [2.45, 2.75) is 6.54 Å². The van der Waals surface area contributed by atoms with E-state index in [1.54, 1.807) is 16.0 Å². The molecule has 2 aromatic heterocycles. The van der Waals surface area contributed by atoms with Crippen LogP contribution in [0.3, 0.4) is 0 Å². The number of amides is 1. The molecular formula is C19H17ClN6OS. The Balaban J connectivity index is 1.26. The van der Waals surface area contributed by atoms with Gasteiger partial charge in [-0.3, -0.25) is 4.79 Å². The predicted molar refractivity (Wildman–Crippen MR) is 111 cm³/mol. The van der Waals surface area contributed by atoms with Gasteiger partial charge in [-0.2, -0.15) is 0 Å². The number of rotatable bonds is 3. The molecule has 1 aliphatic rings. The van der Waals surface area contributed by atoms with Gasteiger partial charge in [0.1, 0.15) is 17.6 Å². The first-order valence-corrected chi connectivity index (χ1v) is 10.2. The van der Waals surface area contributed by atoms with E-state index in [1.165, 1.54) is 0 Å². The first-order valence-electron chi connectivity index (χ1n) is 9.05. The van der Waals surface area contributed by atoms with Crippen molar-refractivity contribution in [3.05, 3.63) is 47.5 Å². The van der Waals surface area contributed by atoms with Crippen molar-refractivity contribution < 1.29 is 4.79 Å². The smallest absolute Gasteiger partial charge is 0.244 e. The molecule has 0 spiro atoms. The molecular weight excluding hydrogens is 396 g/mol. The highest BCUT2D eigenvalue weighted by Crippen LogP contribution is 2.33. The van der Waals surface area contributed by atoms with Gasteiger partial charge in [0, 0.05) is 26.2 Å². The van der Waals surface area contributed by atoms with Crippen molar-refractivity contribution in [3.8, 4) is 0 Å². The Morgan fingerprint density at radius 2 is 1.89 bits per heavy atom. The highest BCUT2D eigenvalue weighted by Gasteiger charge is 2.24. The average molecular weight is 413 g/mol. The molecule has 5 rings (SSSR count). The second-order valence-electron chi connectivity index (χ2n) is 6.69. The van der Waals surface area contributed by atoms with Gasteiger partial charge in [0.25, 0.3) is 0 Å². The number of hydrogen-bond donors (Lipinski definition) is 0. The summed E-state index contributed by atoms with van der Waals surface area (Å²) < 4.78 is 2.75. The summed E-state index contributed by atoms with van der Waals surface area (Å²) in [6.07, 6.45) is 0. The van der Waals surface area contributed by atoms with Gasteiger partial charge in [-0.05, 0) is 24.3 Å². The maximum atomic E-state index is 12.7. The third kappa shape index (κ3) is 3.08. The summed E-state index contributed by atoms with van der Waals surface area (Å²) in [6, 6.07) is 13.5. The second-order valence-corrected chi connectivity index (χ2v) is 8.10. The van der Waals surface area contributed by atoms with Crippen LogP contribution in [0.2, 0.25) is 5.02 Å². The molecule has 0 unspecified atom stereocenters. The van der Waals surface area contributed by atoms with E-state index in [1.807, 2.05) is 47.4 Å². The fourth-order valence-corrected chi connectivity index (χ4v) is 4.76. The van der Waals surface area contributed by atoms with E-state index in [0.717, 1.165) is 39.5 Å². The van der Waals surface area contributed by atoms with Gasteiger partial charge < -0.3 is 9.80 Å². The number of aromatic nitrogens is 4.